The van der Waals surface area contributed by atoms with E-state index >= 15 is 0 Å². The third kappa shape index (κ3) is 7.32. The number of benzene rings is 3. The molecule has 3 heterocycles. The van der Waals surface area contributed by atoms with Gasteiger partial charge in [-0.1, -0.05) is 36.9 Å². The van der Waals surface area contributed by atoms with Gasteiger partial charge in [0.2, 0.25) is 12.5 Å². The van der Waals surface area contributed by atoms with Gasteiger partial charge in [-0.05, 0) is 60.0 Å². The Morgan fingerprint density at radius 1 is 1.06 bits per heavy atom. The van der Waals surface area contributed by atoms with Crippen LogP contribution in [0.5, 0.6) is 28.7 Å². The summed E-state index contributed by atoms with van der Waals surface area (Å²) in [6.07, 6.45) is 8.97. The molecule has 9 nitrogen and oxygen atoms in total. The largest absolute Gasteiger partial charge is 0.493 e. The zero-order valence-corrected chi connectivity index (χ0v) is 27.3. The molecule has 3 aliphatic rings. The van der Waals surface area contributed by atoms with Crippen LogP contribution in [0.2, 0.25) is 0 Å². The maximum Gasteiger partial charge on any atom is 0.231 e. The molecular weight excluding hydrogens is 623 g/mol. The zero-order chi connectivity index (χ0) is 33.3. The first-order valence-corrected chi connectivity index (χ1v) is 15.7. The van der Waals surface area contributed by atoms with Crippen LogP contribution in [0, 0.1) is 11.7 Å². The first-order valence-electron chi connectivity index (χ1n) is 14.9. The predicted molar refractivity (Wildman–Crippen MR) is 180 cm³/mol. The van der Waals surface area contributed by atoms with Crippen molar-refractivity contribution in [1.82, 2.24) is 10.3 Å². The van der Waals surface area contributed by atoms with Crippen LogP contribution in [0.15, 0.2) is 79.4 Å². The molecule has 0 spiro atoms. The van der Waals surface area contributed by atoms with Crippen LogP contribution in [-0.2, 0) is 16.0 Å². The number of carbonyl (C=O) groups excluding carboxylic acids is 1. The summed E-state index contributed by atoms with van der Waals surface area (Å²) in [7, 11) is 4.77. The number of ether oxygens (including phenoxy) is 6. The predicted octanol–water partition coefficient (Wildman–Crippen LogP) is 6.72. The Bertz CT molecular complexity index is 1750. The third-order valence-corrected chi connectivity index (χ3v) is 9.10. The maximum absolute atomic E-state index is 13.6. The van der Waals surface area contributed by atoms with E-state index in [0.29, 0.717) is 29.7 Å². The van der Waals surface area contributed by atoms with Gasteiger partial charge in [0, 0.05) is 24.1 Å². The second-order valence-corrected chi connectivity index (χ2v) is 11.6. The second-order valence-electron chi connectivity index (χ2n) is 10.6. The number of thiazole rings is 1. The highest BCUT2D eigenvalue weighted by atomic mass is 32.1. The molecule has 0 radical (unpaired) electrons. The number of halogens is 1. The number of aromatic nitrogens is 1. The summed E-state index contributed by atoms with van der Waals surface area (Å²) in [5, 5.41) is 4.54. The molecule has 0 amide bonds. The van der Waals surface area contributed by atoms with E-state index in [-0.39, 0.29) is 24.8 Å². The summed E-state index contributed by atoms with van der Waals surface area (Å²) in [6.45, 7) is 7.57. The summed E-state index contributed by atoms with van der Waals surface area (Å²) in [5.41, 5.74) is 4.28. The number of methoxy groups -OCH3 is 3. The van der Waals surface area contributed by atoms with E-state index in [1.54, 1.807) is 33.5 Å². The number of fused-ring (bicyclic) bond motifs is 4. The lowest BCUT2D eigenvalue weighted by atomic mass is 9.75. The lowest BCUT2D eigenvalue weighted by Gasteiger charge is -2.46. The van der Waals surface area contributed by atoms with Gasteiger partial charge in [0.1, 0.15) is 17.6 Å². The molecule has 1 saturated heterocycles. The summed E-state index contributed by atoms with van der Waals surface area (Å²) >= 11 is 1.48. The Labute approximate surface area is 277 Å². The molecule has 47 heavy (non-hydrogen) atoms. The van der Waals surface area contributed by atoms with Gasteiger partial charge >= 0.3 is 0 Å². The van der Waals surface area contributed by atoms with Gasteiger partial charge < -0.3 is 38.5 Å². The second kappa shape index (κ2) is 15.7. The first kappa shape index (κ1) is 33.6. The van der Waals surface area contributed by atoms with Crippen molar-refractivity contribution in [3.63, 3.8) is 0 Å². The molecule has 4 aromatic rings. The first-order chi connectivity index (χ1) is 23.0. The van der Waals surface area contributed by atoms with Gasteiger partial charge in [-0.2, -0.15) is 0 Å². The Hall–Kier alpha value is -4.71. The fraction of sp³-hybridized carbons (Fsp3) is 0.278. The van der Waals surface area contributed by atoms with Gasteiger partial charge in [-0.15, -0.1) is 11.3 Å². The lowest BCUT2D eigenvalue weighted by Crippen LogP contribution is -2.51. The summed E-state index contributed by atoms with van der Waals surface area (Å²) in [5.74, 6) is 3.82. The van der Waals surface area contributed by atoms with Crippen molar-refractivity contribution in [3.8, 4) is 28.7 Å². The topological polar surface area (TPSA) is 97.4 Å². The maximum atomic E-state index is 13.6. The Balaban J connectivity index is 0.000000262. The fourth-order valence-electron chi connectivity index (χ4n) is 5.79. The molecule has 0 saturated carbocycles. The Morgan fingerprint density at radius 3 is 2.47 bits per heavy atom. The molecule has 11 heteroatoms. The molecule has 246 valence electrons. The quantitative estimate of drug-likeness (QED) is 0.196. The van der Waals surface area contributed by atoms with E-state index in [0.717, 1.165) is 45.3 Å². The third-order valence-electron chi connectivity index (χ3n) is 8.03. The van der Waals surface area contributed by atoms with E-state index in [4.69, 9.17) is 33.2 Å². The number of hydrogen-bond donors (Lipinski definition) is 1. The molecule has 3 atom stereocenters. The number of rotatable bonds is 9. The van der Waals surface area contributed by atoms with Gasteiger partial charge in [0.25, 0.3) is 0 Å². The summed E-state index contributed by atoms with van der Waals surface area (Å²) in [4.78, 5) is 12.7. The van der Waals surface area contributed by atoms with Crippen molar-refractivity contribution in [2.75, 3.05) is 41.3 Å². The Morgan fingerprint density at radius 2 is 1.81 bits per heavy atom. The monoisotopic (exact) mass is 660 g/mol. The molecule has 1 fully saturated rings. The van der Waals surface area contributed by atoms with Gasteiger partial charge in [-0.25, -0.2) is 9.37 Å². The molecule has 1 aliphatic carbocycles. The highest BCUT2D eigenvalue weighted by molar-refractivity contribution is 7.19. The normalized spacial score (nSPS) is 18.9. The van der Waals surface area contributed by atoms with Crippen LogP contribution in [0.1, 0.15) is 22.2 Å². The number of hydrogen-bond acceptors (Lipinski definition) is 10. The molecule has 3 unspecified atom stereocenters. The highest BCUT2D eigenvalue weighted by Crippen LogP contribution is 2.46. The smallest absolute Gasteiger partial charge is 0.231 e. The van der Waals surface area contributed by atoms with Crippen LogP contribution in [0.25, 0.3) is 15.8 Å². The van der Waals surface area contributed by atoms with E-state index < -0.39 is 0 Å². The van der Waals surface area contributed by atoms with E-state index in [2.05, 4.69) is 35.1 Å². The minimum Gasteiger partial charge on any atom is -0.493 e. The van der Waals surface area contributed by atoms with Crippen LogP contribution in [-0.4, -0.2) is 59.2 Å². The molecular formula is C36H37FN2O7S. The lowest BCUT2D eigenvalue weighted by molar-refractivity contribution is -0.133. The number of nitrogens with zero attached hydrogens (tertiary/aromatic N) is 1. The Kier molecular flexibility index (Phi) is 11.3. The summed E-state index contributed by atoms with van der Waals surface area (Å²) < 4.78 is 46.7. The molecule has 3 aromatic carbocycles. The highest BCUT2D eigenvalue weighted by Gasteiger charge is 2.44. The molecule has 1 aromatic heterocycles. The van der Waals surface area contributed by atoms with E-state index in [1.807, 2.05) is 37.1 Å². The van der Waals surface area contributed by atoms with Crippen LogP contribution < -0.4 is 29.0 Å². The van der Waals surface area contributed by atoms with Crippen LogP contribution in [0.4, 0.5) is 4.39 Å². The number of nitrogens with one attached hydrogen (secondary N) is 1. The van der Waals surface area contributed by atoms with Crippen LogP contribution in [0.3, 0.4) is 0 Å². The van der Waals surface area contributed by atoms with Crippen molar-refractivity contribution in [1.29, 1.82) is 0 Å². The average molecular weight is 661 g/mol. The molecule has 0 bridgehead atoms. The van der Waals surface area contributed by atoms with Crippen LogP contribution >= 0.6 is 11.3 Å². The van der Waals surface area contributed by atoms with E-state index in [1.165, 1.54) is 34.6 Å². The minimum atomic E-state index is -0.250. The average Bonchev–Trinajstić information content (AvgIpc) is 3.73. The number of para-hydroxylation sites is 1. The van der Waals surface area contributed by atoms with Crippen molar-refractivity contribution in [2.24, 2.45) is 5.92 Å². The van der Waals surface area contributed by atoms with Crippen molar-refractivity contribution in [2.45, 2.75) is 18.6 Å². The van der Waals surface area contributed by atoms with Crippen molar-refractivity contribution >= 4 is 33.9 Å². The van der Waals surface area contributed by atoms with Crippen molar-refractivity contribution in [3.05, 3.63) is 101 Å². The fourth-order valence-corrected chi connectivity index (χ4v) is 6.78. The number of allylic oxidation sites excluding steroid dienone is 4. The van der Waals surface area contributed by atoms with Crippen molar-refractivity contribution < 1.29 is 37.6 Å². The zero-order valence-electron chi connectivity index (χ0n) is 26.5. The van der Waals surface area contributed by atoms with Gasteiger partial charge in [-0.3, -0.25) is 0 Å². The minimum absolute atomic E-state index is 0.198. The van der Waals surface area contributed by atoms with E-state index in [9.17, 15) is 4.39 Å². The van der Waals surface area contributed by atoms with Gasteiger partial charge in [0.15, 0.2) is 23.0 Å². The number of carbonyl (C=O) groups is 1. The standard InChI is InChI=1S/C26H23FN2O3S.C9H12O3.CH2O/c1-2-4-15(26-29-20-7-6-17(27)11-24(20)33-26)5-3-8-28-25-18-12-23-22(31-14-32-23)10-16(18)9-21-19(25)13-30-21;1-10-7-5-4-6-8(11-2)9(7)12-3;1-2/h2-7,10-12,19,21,25,28H,1,8-9,13-14H2;4-6H,1-3H3;1H2/b5-3-,15-4+;;. The summed E-state index contributed by atoms with van der Waals surface area (Å²) in [6, 6.07) is 14.6. The van der Waals surface area contributed by atoms with Gasteiger partial charge in [0.05, 0.1) is 44.3 Å². The molecule has 7 rings (SSSR count). The molecule has 1 N–H and O–H groups in total. The molecule has 2 aliphatic heterocycles. The SMILES string of the molecule is C=C/C=C(\C=C/CNC1c2cc3c(cc2CC2OCC21)OCO3)c1nc2ccc(F)cc2s1.C=O.COc1cccc(OC)c1OC.